The zero-order valence-electron chi connectivity index (χ0n) is 10.4. The van der Waals surface area contributed by atoms with E-state index in [0.29, 0.717) is 11.6 Å². The molecule has 1 aromatic heterocycles. The molecule has 4 nitrogen and oxygen atoms in total. The summed E-state index contributed by atoms with van der Waals surface area (Å²) in [7, 11) is 0. The van der Waals surface area contributed by atoms with E-state index in [-0.39, 0.29) is 5.91 Å². The van der Waals surface area contributed by atoms with Crippen LogP contribution in [0.15, 0.2) is 12.1 Å². The summed E-state index contributed by atoms with van der Waals surface area (Å²) >= 11 is 0. The summed E-state index contributed by atoms with van der Waals surface area (Å²) in [6.07, 6.45) is 3.72. The van der Waals surface area contributed by atoms with Crippen LogP contribution in [0.4, 0.5) is 11.5 Å². The Morgan fingerprint density at radius 3 is 2.71 bits per heavy atom. The Balaban J connectivity index is 2.18. The fraction of sp³-hybridized carbons (Fsp3) is 0.538. The van der Waals surface area contributed by atoms with Gasteiger partial charge >= 0.3 is 0 Å². The van der Waals surface area contributed by atoms with Gasteiger partial charge < -0.3 is 5.73 Å². The van der Waals surface area contributed by atoms with Crippen LogP contribution in [0.5, 0.6) is 0 Å². The molecular weight excluding hydrogens is 214 g/mol. The van der Waals surface area contributed by atoms with E-state index in [9.17, 15) is 4.79 Å². The summed E-state index contributed by atoms with van der Waals surface area (Å²) in [5.74, 6) is 1.41. The van der Waals surface area contributed by atoms with Gasteiger partial charge in [0, 0.05) is 13.5 Å². The lowest BCUT2D eigenvalue weighted by molar-refractivity contribution is -0.116. The first kappa shape index (κ1) is 11.9. The van der Waals surface area contributed by atoms with Crippen LogP contribution in [0, 0.1) is 12.8 Å². The lowest BCUT2D eigenvalue weighted by Gasteiger charge is -2.31. The monoisotopic (exact) mass is 233 g/mol. The fourth-order valence-corrected chi connectivity index (χ4v) is 2.03. The Morgan fingerprint density at radius 2 is 2.24 bits per heavy atom. The number of hydrogen-bond acceptors (Lipinski definition) is 3. The molecule has 4 heteroatoms. The van der Waals surface area contributed by atoms with E-state index in [1.165, 1.54) is 19.3 Å². The molecule has 1 saturated carbocycles. The van der Waals surface area contributed by atoms with Crippen molar-refractivity contribution in [2.24, 2.45) is 5.92 Å². The van der Waals surface area contributed by atoms with Crippen LogP contribution in [0.3, 0.4) is 0 Å². The van der Waals surface area contributed by atoms with Crippen molar-refractivity contribution in [1.29, 1.82) is 0 Å². The van der Waals surface area contributed by atoms with Crippen LogP contribution in [0.25, 0.3) is 0 Å². The number of nitrogen functional groups attached to an aromatic ring is 1. The maximum absolute atomic E-state index is 11.7. The molecule has 1 aliphatic carbocycles. The summed E-state index contributed by atoms with van der Waals surface area (Å²) in [5, 5.41) is 0. The smallest absolute Gasteiger partial charge is 0.225 e. The molecule has 0 spiro atoms. The van der Waals surface area contributed by atoms with Gasteiger partial charge in [0.25, 0.3) is 0 Å². The molecule has 0 unspecified atom stereocenters. The van der Waals surface area contributed by atoms with Gasteiger partial charge in [-0.15, -0.1) is 0 Å². The zero-order valence-corrected chi connectivity index (χ0v) is 10.4. The number of aryl methyl sites for hydroxylation is 1. The van der Waals surface area contributed by atoms with E-state index in [1.54, 1.807) is 11.8 Å². The van der Waals surface area contributed by atoms with Gasteiger partial charge in [-0.05, 0) is 37.8 Å². The van der Waals surface area contributed by atoms with Crippen molar-refractivity contribution in [2.45, 2.75) is 33.1 Å². The Bertz CT molecular complexity index is 427. The Kier molecular flexibility index (Phi) is 3.31. The highest BCUT2D eigenvalue weighted by molar-refractivity contribution is 5.90. The molecule has 1 amide bonds. The molecule has 92 valence electrons. The summed E-state index contributed by atoms with van der Waals surface area (Å²) in [4.78, 5) is 17.8. The largest absolute Gasteiger partial charge is 0.397 e. The van der Waals surface area contributed by atoms with E-state index in [2.05, 4.69) is 4.98 Å². The number of rotatable bonds is 3. The van der Waals surface area contributed by atoms with Crippen molar-refractivity contribution < 1.29 is 4.79 Å². The van der Waals surface area contributed by atoms with E-state index in [4.69, 9.17) is 5.73 Å². The molecule has 0 aliphatic heterocycles. The molecule has 0 bridgehead atoms. The first-order chi connectivity index (χ1) is 8.08. The van der Waals surface area contributed by atoms with E-state index >= 15 is 0 Å². The topological polar surface area (TPSA) is 59.2 Å². The molecule has 1 aromatic rings. The third-order valence-corrected chi connectivity index (χ3v) is 3.43. The second-order valence-corrected chi connectivity index (χ2v) is 4.77. The molecule has 17 heavy (non-hydrogen) atoms. The number of carbonyl (C=O) groups is 1. The van der Waals surface area contributed by atoms with Crippen molar-refractivity contribution in [3.63, 3.8) is 0 Å². The normalized spacial score (nSPS) is 15.4. The Labute approximate surface area is 102 Å². The van der Waals surface area contributed by atoms with Crippen LogP contribution in [-0.2, 0) is 4.79 Å². The molecule has 0 radical (unpaired) electrons. The highest BCUT2D eigenvalue weighted by atomic mass is 16.2. The van der Waals surface area contributed by atoms with E-state index < -0.39 is 0 Å². The van der Waals surface area contributed by atoms with Gasteiger partial charge in [0.05, 0.1) is 11.4 Å². The van der Waals surface area contributed by atoms with E-state index in [0.717, 1.165) is 18.1 Å². The highest BCUT2D eigenvalue weighted by Gasteiger charge is 2.23. The third kappa shape index (κ3) is 2.57. The fourth-order valence-electron chi connectivity index (χ4n) is 2.03. The van der Waals surface area contributed by atoms with Gasteiger partial charge in [-0.2, -0.15) is 0 Å². The second-order valence-electron chi connectivity index (χ2n) is 4.77. The zero-order chi connectivity index (χ0) is 12.4. The number of aromatic nitrogens is 1. The summed E-state index contributed by atoms with van der Waals surface area (Å²) in [6.45, 7) is 4.23. The summed E-state index contributed by atoms with van der Waals surface area (Å²) in [6, 6.07) is 3.64. The molecule has 2 N–H and O–H groups in total. The number of pyridine rings is 1. The van der Waals surface area contributed by atoms with Crippen molar-refractivity contribution >= 4 is 17.4 Å². The van der Waals surface area contributed by atoms with Gasteiger partial charge in [-0.25, -0.2) is 4.98 Å². The minimum absolute atomic E-state index is 0.0496. The number of hydrogen-bond donors (Lipinski definition) is 1. The van der Waals surface area contributed by atoms with Gasteiger partial charge in [0.15, 0.2) is 0 Å². The minimum atomic E-state index is 0.0496. The minimum Gasteiger partial charge on any atom is -0.397 e. The quantitative estimate of drug-likeness (QED) is 0.870. The van der Waals surface area contributed by atoms with Crippen LogP contribution in [0.2, 0.25) is 0 Å². The maximum Gasteiger partial charge on any atom is 0.225 e. The molecule has 0 aromatic carbocycles. The van der Waals surface area contributed by atoms with Gasteiger partial charge in [0.2, 0.25) is 5.91 Å². The number of amides is 1. The summed E-state index contributed by atoms with van der Waals surface area (Å²) < 4.78 is 0. The Hall–Kier alpha value is -1.58. The first-order valence-corrected chi connectivity index (χ1v) is 6.09. The van der Waals surface area contributed by atoms with Crippen LogP contribution >= 0.6 is 0 Å². The third-order valence-electron chi connectivity index (χ3n) is 3.43. The standard InChI is InChI=1S/C13H19N3O/c1-9-12(14)6-7-13(15-9)16(10(2)17)8-11-4-3-5-11/h6-7,11H,3-5,8,14H2,1-2H3. The van der Waals surface area contributed by atoms with Crippen molar-refractivity contribution in [1.82, 2.24) is 4.98 Å². The van der Waals surface area contributed by atoms with Crippen LogP contribution in [0.1, 0.15) is 31.9 Å². The van der Waals surface area contributed by atoms with Gasteiger partial charge in [-0.1, -0.05) is 6.42 Å². The number of anilines is 2. The lowest BCUT2D eigenvalue weighted by atomic mass is 9.85. The molecule has 1 aliphatic rings. The second kappa shape index (κ2) is 4.73. The summed E-state index contributed by atoms with van der Waals surface area (Å²) in [5.41, 5.74) is 7.19. The van der Waals surface area contributed by atoms with Crippen molar-refractivity contribution in [3.8, 4) is 0 Å². The first-order valence-electron chi connectivity index (χ1n) is 6.09. The SMILES string of the molecule is CC(=O)N(CC1CCC1)c1ccc(N)c(C)n1. The molecule has 1 fully saturated rings. The maximum atomic E-state index is 11.7. The predicted octanol–water partition coefficient (Wildman–Crippen LogP) is 2.13. The molecule has 1 heterocycles. The number of nitrogens with two attached hydrogens (primary N) is 1. The Morgan fingerprint density at radius 1 is 1.53 bits per heavy atom. The molecular formula is C13H19N3O. The lowest BCUT2D eigenvalue weighted by Crippen LogP contribution is -2.36. The highest BCUT2D eigenvalue weighted by Crippen LogP contribution is 2.28. The molecule has 0 atom stereocenters. The van der Waals surface area contributed by atoms with Crippen LogP contribution < -0.4 is 10.6 Å². The van der Waals surface area contributed by atoms with Crippen molar-refractivity contribution in [2.75, 3.05) is 17.2 Å². The van der Waals surface area contributed by atoms with Gasteiger partial charge in [0.1, 0.15) is 5.82 Å². The van der Waals surface area contributed by atoms with E-state index in [1.807, 2.05) is 19.1 Å². The average Bonchev–Trinajstić information content (AvgIpc) is 2.20. The predicted molar refractivity (Wildman–Crippen MR) is 68.8 cm³/mol. The number of carbonyl (C=O) groups excluding carboxylic acids is 1. The van der Waals surface area contributed by atoms with Gasteiger partial charge in [-0.3, -0.25) is 9.69 Å². The molecule has 0 saturated heterocycles. The molecule has 2 rings (SSSR count). The van der Waals surface area contributed by atoms with Crippen molar-refractivity contribution in [3.05, 3.63) is 17.8 Å². The average molecular weight is 233 g/mol. The number of nitrogens with zero attached hydrogens (tertiary/aromatic N) is 2. The van der Waals surface area contributed by atoms with Crippen LogP contribution in [-0.4, -0.2) is 17.4 Å².